The summed E-state index contributed by atoms with van der Waals surface area (Å²) in [4.78, 5) is 25.5. The standard InChI is InChI=1S/C14H21NO4S/c16-12(7-10-3-1-2-6-19-10)15-11(14(17)18)8-20-13(15)9-4-5-9/h9-11,13H,1-8H2,(H,17,18). The van der Waals surface area contributed by atoms with E-state index < -0.39 is 12.0 Å². The molecule has 3 unspecified atom stereocenters. The van der Waals surface area contributed by atoms with Crippen LogP contribution >= 0.6 is 11.8 Å². The third-order valence-electron chi connectivity index (χ3n) is 4.31. The third kappa shape index (κ3) is 2.96. The lowest BCUT2D eigenvalue weighted by molar-refractivity contribution is -0.151. The molecule has 1 N–H and O–H groups in total. The molecule has 20 heavy (non-hydrogen) atoms. The van der Waals surface area contributed by atoms with Crippen molar-refractivity contribution < 1.29 is 19.4 Å². The summed E-state index contributed by atoms with van der Waals surface area (Å²) in [6.07, 6.45) is 5.64. The molecule has 0 radical (unpaired) electrons. The van der Waals surface area contributed by atoms with E-state index in [0.29, 0.717) is 18.1 Å². The SMILES string of the molecule is O=C(O)C1CSC(C2CC2)N1C(=O)CC1CCCCO1. The number of amides is 1. The van der Waals surface area contributed by atoms with Gasteiger partial charge in [0.25, 0.3) is 0 Å². The van der Waals surface area contributed by atoms with Gasteiger partial charge in [-0.1, -0.05) is 0 Å². The van der Waals surface area contributed by atoms with Crippen molar-refractivity contribution in [2.45, 2.75) is 56.0 Å². The molecule has 1 amide bonds. The summed E-state index contributed by atoms with van der Waals surface area (Å²) < 4.78 is 5.61. The van der Waals surface area contributed by atoms with Crippen LogP contribution in [0.25, 0.3) is 0 Å². The van der Waals surface area contributed by atoms with E-state index in [1.165, 1.54) is 0 Å². The van der Waals surface area contributed by atoms with Crippen LogP contribution in [0.1, 0.15) is 38.5 Å². The highest BCUT2D eigenvalue weighted by atomic mass is 32.2. The first-order valence-corrected chi connectivity index (χ1v) is 8.49. The van der Waals surface area contributed by atoms with Gasteiger partial charge in [-0.15, -0.1) is 11.8 Å². The molecule has 2 heterocycles. The van der Waals surface area contributed by atoms with E-state index >= 15 is 0 Å². The lowest BCUT2D eigenvalue weighted by Gasteiger charge is -2.30. The number of carboxylic acid groups (broad SMARTS) is 1. The van der Waals surface area contributed by atoms with E-state index in [1.54, 1.807) is 16.7 Å². The Morgan fingerprint density at radius 2 is 2.05 bits per heavy atom. The number of thioether (sulfide) groups is 1. The van der Waals surface area contributed by atoms with Gasteiger partial charge in [0.15, 0.2) is 0 Å². The van der Waals surface area contributed by atoms with Crippen LogP contribution in [-0.2, 0) is 14.3 Å². The van der Waals surface area contributed by atoms with Crippen LogP contribution < -0.4 is 0 Å². The van der Waals surface area contributed by atoms with Crippen molar-refractivity contribution in [2.75, 3.05) is 12.4 Å². The molecule has 3 aliphatic rings. The topological polar surface area (TPSA) is 66.8 Å². The second-order valence-electron chi connectivity index (χ2n) is 5.91. The highest BCUT2D eigenvalue weighted by Crippen LogP contribution is 2.45. The monoisotopic (exact) mass is 299 g/mol. The molecular weight excluding hydrogens is 278 g/mol. The molecule has 3 fully saturated rings. The van der Waals surface area contributed by atoms with Gasteiger partial charge < -0.3 is 14.7 Å². The van der Waals surface area contributed by atoms with Gasteiger partial charge in [-0.3, -0.25) is 4.79 Å². The van der Waals surface area contributed by atoms with Crippen LogP contribution in [0.5, 0.6) is 0 Å². The average Bonchev–Trinajstić information content (AvgIpc) is 3.17. The minimum absolute atomic E-state index is 0.0175. The molecular formula is C14H21NO4S. The minimum Gasteiger partial charge on any atom is -0.480 e. The zero-order valence-electron chi connectivity index (χ0n) is 11.5. The minimum atomic E-state index is -0.876. The molecule has 3 rings (SSSR count). The maximum Gasteiger partial charge on any atom is 0.327 e. The number of hydrogen-bond acceptors (Lipinski definition) is 4. The summed E-state index contributed by atoms with van der Waals surface area (Å²) in [5, 5.41) is 9.40. The fourth-order valence-corrected chi connectivity index (χ4v) is 4.70. The number of carbonyl (C=O) groups is 2. The van der Waals surface area contributed by atoms with Crippen LogP contribution in [0, 0.1) is 5.92 Å². The van der Waals surface area contributed by atoms with Gasteiger partial charge in [0.2, 0.25) is 5.91 Å². The first-order valence-electron chi connectivity index (χ1n) is 7.44. The molecule has 2 saturated heterocycles. The number of ether oxygens (including phenoxy) is 1. The zero-order valence-corrected chi connectivity index (χ0v) is 12.3. The Hall–Kier alpha value is -0.750. The van der Waals surface area contributed by atoms with E-state index in [-0.39, 0.29) is 17.4 Å². The summed E-state index contributed by atoms with van der Waals surface area (Å²) in [5.41, 5.74) is 0. The molecule has 6 heteroatoms. The summed E-state index contributed by atoms with van der Waals surface area (Å²) in [6.45, 7) is 0.723. The summed E-state index contributed by atoms with van der Waals surface area (Å²) in [7, 11) is 0. The average molecular weight is 299 g/mol. The van der Waals surface area contributed by atoms with Gasteiger partial charge in [-0.25, -0.2) is 4.79 Å². The third-order valence-corrected chi connectivity index (χ3v) is 5.77. The lowest BCUT2D eigenvalue weighted by atomic mass is 10.1. The molecule has 1 aliphatic carbocycles. The van der Waals surface area contributed by atoms with E-state index in [2.05, 4.69) is 0 Å². The molecule has 2 aliphatic heterocycles. The second kappa shape index (κ2) is 5.93. The molecule has 112 valence electrons. The van der Waals surface area contributed by atoms with Gasteiger partial charge in [-0.05, 0) is 38.0 Å². The lowest BCUT2D eigenvalue weighted by Crippen LogP contribution is -2.47. The summed E-state index contributed by atoms with van der Waals surface area (Å²) in [5.74, 6) is 0.110. The molecule has 0 aromatic heterocycles. The van der Waals surface area contributed by atoms with Crippen molar-refractivity contribution in [1.82, 2.24) is 4.90 Å². The van der Waals surface area contributed by atoms with Crippen molar-refractivity contribution in [2.24, 2.45) is 5.92 Å². The zero-order chi connectivity index (χ0) is 14.1. The van der Waals surface area contributed by atoms with E-state index in [9.17, 15) is 14.7 Å². The Morgan fingerprint density at radius 1 is 1.25 bits per heavy atom. The molecule has 3 atom stereocenters. The van der Waals surface area contributed by atoms with E-state index in [4.69, 9.17) is 4.74 Å². The molecule has 0 spiro atoms. The molecule has 0 aromatic rings. The van der Waals surface area contributed by atoms with Crippen LogP contribution in [0.4, 0.5) is 0 Å². The number of rotatable bonds is 4. The molecule has 1 saturated carbocycles. The predicted molar refractivity (Wildman–Crippen MR) is 75.4 cm³/mol. The maximum absolute atomic E-state index is 12.5. The number of carbonyl (C=O) groups excluding carboxylic acids is 1. The molecule has 5 nitrogen and oxygen atoms in total. The highest BCUT2D eigenvalue weighted by Gasteiger charge is 2.48. The predicted octanol–water partition coefficient (Wildman–Crippen LogP) is 1.71. The van der Waals surface area contributed by atoms with E-state index in [0.717, 1.165) is 38.7 Å². The Bertz CT molecular complexity index is 393. The Labute approximate surface area is 123 Å². The summed E-state index contributed by atoms with van der Waals surface area (Å²) >= 11 is 1.63. The first kappa shape index (κ1) is 14.2. The van der Waals surface area contributed by atoms with Crippen LogP contribution in [0.15, 0.2) is 0 Å². The smallest absolute Gasteiger partial charge is 0.327 e. The molecule has 0 aromatic carbocycles. The van der Waals surface area contributed by atoms with Gasteiger partial charge in [0.1, 0.15) is 6.04 Å². The largest absolute Gasteiger partial charge is 0.480 e. The van der Waals surface area contributed by atoms with Crippen molar-refractivity contribution in [3.8, 4) is 0 Å². The normalized spacial score (nSPS) is 34.2. The van der Waals surface area contributed by atoms with Crippen molar-refractivity contribution in [3.05, 3.63) is 0 Å². The second-order valence-corrected chi connectivity index (χ2v) is 7.06. The van der Waals surface area contributed by atoms with Crippen molar-refractivity contribution in [3.63, 3.8) is 0 Å². The van der Waals surface area contributed by atoms with Crippen LogP contribution in [0.2, 0.25) is 0 Å². The number of carboxylic acids is 1. The Morgan fingerprint density at radius 3 is 2.65 bits per heavy atom. The van der Waals surface area contributed by atoms with Crippen molar-refractivity contribution >= 4 is 23.6 Å². The molecule has 0 bridgehead atoms. The fraction of sp³-hybridized carbons (Fsp3) is 0.857. The van der Waals surface area contributed by atoms with Gasteiger partial charge in [-0.2, -0.15) is 0 Å². The van der Waals surface area contributed by atoms with Crippen LogP contribution in [-0.4, -0.2) is 51.8 Å². The van der Waals surface area contributed by atoms with Crippen LogP contribution in [0.3, 0.4) is 0 Å². The van der Waals surface area contributed by atoms with Gasteiger partial charge >= 0.3 is 5.97 Å². The summed E-state index contributed by atoms with van der Waals surface area (Å²) in [6, 6.07) is -0.651. The van der Waals surface area contributed by atoms with Gasteiger partial charge in [0.05, 0.1) is 17.9 Å². The first-order chi connectivity index (χ1) is 9.66. The highest BCUT2D eigenvalue weighted by molar-refractivity contribution is 8.00. The quantitative estimate of drug-likeness (QED) is 0.856. The maximum atomic E-state index is 12.5. The number of nitrogens with zero attached hydrogens (tertiary/aromatic N) is 1. The Balaban J connectivity index is 1.66. The van der Waals surface area contributed by atoms with Gasteiger partial charge in [0, 0.05) is 12.4 Å². The van der Waals surface area contributed by atoms with Crippen molar-refractivity contribution in [1.29, 1.82) is 0 Å². The number of aliphatic carboxylic acids is 1. The Kier molecular flexibility index (Phi) is 4.21. The number of hydrogen-bond donors (Lipinski definition) is 1. The fourth-order valence-electron chi connectivity index (χ4n) is 3.05. The van der Waals surface area contributed by atoms with E-state index in [1.807, 2.05) is 0 Å².